The van der Waals surface area contributed by atoms with Crippen molar-refractivity contribution in [2.75, 3.05) is 13.2 Å². The standard InChI is InChI=1S/C35H59F3N2O2Si2/c1-43(2,3)30-44(4,5)27-19-15-11-10-14-17-25-41-32-22-20-31(21-23-32)34-39-28-33(29-40-34)42-26-18-13-9-7-6-8-12-16-24-35(36,37)38/h20-23,28-29H,6-19,24-27,30H2,1-5H3. The van der Waals surface area contributed by atoms with Crippen LogP contribution < -0.4 is 9.47 Å². The number of halogens is 3. The molecule has 0 saturated carbocycles. The first-order valence-electron chi connectivity index (χ1n) is 17.1. The molecule has 0 atom stereocenters. The quantitative estimate of drug-likeness (QED) is 0.0836. The molecule has 4 nitrogen and oxygen atoms in total. The maximum absolute atomic E-state index is 12.1. The van der Waals surface area contributed by atoms with Crippen LogP contribution in [0.25, 0.3) is 11.4 Å². The van der Waals surface area contributed by atoms with E-state index < -0.39 is 28.7 Å². The number of alkyl halides is 3. The molecule has 44 heavy (non-hydrogen) atoms. The van der Waals surface area contributed by atoms with Crippen LogP contribution in [0.5, 0.6) is 11.5 Å². The zero-order valence-electron chi connectivity index (χ0n) is 28.2. The third kappa shape index (κ3) is 19.5. The van der Waals surface area contributed by atoms with Crippen LogP contribution in [-0.2, 0) is 0 Å². The fourth-order valence-electron chi connectivity index (χ4n) is 6.05. The summed E-state index contributed by atoms with van der Waals surface area (Å²) in [5.74, 6) is 2.20. The topological polar surface area (TPSA) is 44.2 Å². The lowest BCUT2D eigenvalue weighted by molar-refractivity contribution is -0.135. The van der Waals surface area contributed by atoms with Crippen molar-refractivity contribution < 1.29 is 22.6 Å². The molecular weight excluding hydrogens is 594 g/mol. The molecule has 1 heterocycles. The molecule has 0 radical (unpaired) electrons. The number of hydrogen-bond acceptors (Lipinski definition) is 4. The number of ether oxygens (including phenoxy) is 2. The predicted molar refractivity (Wildman–Crippen MR) is 184 cm³/mol. The van der Waals surface area contributed by atoms with E-state index in [2.05, 4.69) is 42.7 Å². The van der Waals surface area contributed by atoms with Gasteiger partial charge in [-0.05, 0) is 43.5 Å². The summed E-state index contributed by atoms with van der Waals surface area (Å²) in [5.41, 5.74) is 2.50. The fraction of sp³-hybridized carbons (Fsp3) is 0.714. The number of hydrogen-bond donors (Lipinski definition) is 0. The molecule has 0 bridgehead atoms. The van der Waals surface area contributed by atoms with E-state index >= 15 is 0 Å². The Bertz CT molecular complexity index is 1010. The van der Waals surface area contributed by atoms with Crippen molar-refractivity contribution in [1.82, 2.24) is 9.97 Å². The van der Waals surface area contributed by atoms with Crippen molar-refractivity contribution in [2.24, 2.45) is 0 Å². The van der Waals surface area contributed by atoms with Crippen molar-refractivity contribution in [3.05, 3.63) is 36.7 Å². The lowest BCUT2D eigenvalue weighted by atomic mass is 10.1. The van der Waals surface area contributed by atoms with Crippen LogP contribution in [0.15, 0.2) is 36.7 Å². The number of benzene rings is 1. The predicted octanol–water partition coefficient (Wildman–Crippen LogP) is 11.9. The van der Waals surface area contributed by atoms with Crippen LogP contribution >= 0.6 is 0 Å². The highest BCUT2D eigenvalue weighted by atomic mass is 28.4. The monoisotopic (exact) mass is 652 g/mol. The maximum atomic E-state index is 12.1. The van der Waals surface area contributed by atoms with E-state index in [-0.39, 0.29) is 6.42 Å². The third-order valence-electron chi connectivity index (χ3n) is 7.89. The fourth-order valence-corrected chi connectivity index (χ4v) is 19.4. The van der Waals surface area contributed by atoms with Crippen LogP contribution in [0.4, 0.5) is 13.2 Å². The summed E-state index contributed by atoms with van der Waals surface area (Å²) in [6.45, 7) is 14.1. The molecule has 0 aliphatic carbocycles. The van der Waals surface area contributed by atoms with E-state index in [9.17, 15) is 13.2 Å². The van der Waals surface area contributed by atoms with E-state index in [0.29, 0.717) is 24.6 Å². The normalized spacial score (nSPS) is 12.5. The SMILES string of the molecule is C[Si](C)(C)C[Si](C)(C)CCCCCCCCOc1ccc(-c2ncc(OCCCCCCCCCCC(F)(F)F)cn2)cc1. The summed E-state index contributed by atoms with van der Waals surface area (Å²) in [6, 6.07) is 9.45. The molecule has 1 aromatic heterocycles. The molecule has 250 valence electrons. The summed E-state index contributed by atoms with van der Waals surface area (Å²) in [7, 11) is -1.92. The maximum Gasteiger partial charge on any atom is 0.389 e. The number of aromatic nitrogens is 2. The van der Waals surface area contributed by atoms with Crippen molar-refractivity contribution in [3.8, 4) is 22.9 Å². The summed E-state index contributed by atoms with van der Waals surface area (Å²) < 4.78 is 48.2. The van der Waals surface area contributed by atoms with Crippen LogP contribution in [0, 0.1) is 0 Å². The van der Waals surface area contributed by atoms with E-state index in [1.165, 1.54) is 38.1 Å². The largest absolute Gasteiger partial charge is 0.494 e. The van der Waals surface area contributed by atoms with E-state index in [1.54, 1.807) is 18.1 Å². The molecule has 0 spiro atoms. The zero-order valence-corrected chi connectivity index (χ0v) is 30.2. The van der Waals surface area contributed by atoms with Gasteiger partial charge in [-0.25, -0.2) is 9.97 Å². The minimum absolute atomic E-state index is 0.247. The van der Waals surface area contributed by atoms with Crippen molar-refractivity contribution in [1.29, 1.82) is 0 Å². The van der Waals surface area contributed by atoms with Crippen LogP contribution in [0.1, 0.15) is 96.3 Å². The van der Waals surface area contributed by atoms with Crippen molar-refractivity contribution in [2.45, 2.75) is 147 Å². The lowest BCUT2D eigenvalue weighted by Gasteiger charge is -2.29. The van der Waals surface area contributed by atoms with Gasteiger partial charge in [0.25, 0.3) is 0 Å². The number of unbranched alkanes of at least 4 members (excludes halogenated alkanes) is 12. The second-order valence-electron chi connectivity index (χ2n) is 14.4. The summed E-state index contributed by atoms with van der Waals surface area (Å²) in [6.07, 6.45) is 13.4. The molecule has 9 heteroatoms. The molecule has 0 amide bonds. The zero-order chi connectivity index (χ0) is 32.3. The number of rotatable bonds is 24. The summed E-state index contributed by atoms with van der Waals surface area (Å²) in [4.78, 5) is 8.92. The number of nitrogens with zero attached hydrogens (tertiary/aromatic N) is 2. The lowest BCUT2D eigenvalue weighted by Crippen LogP contribution is -2.37. The molecule has 0 aliphatic heterocycles. The Hall–Kier alpha value is -1.88. The Labute approximate surface area is 268 Å². The smallest absolute Gasteiger partial charge is 0.389 e. The van der Waals surface area contributed by atoms with Gasteiger partial charge in [0.05, 0.1) is 25.6 Å². The van der Waals surface area contributed by atoms with Gasteiger partial charge in [0.1, 0.15) is 5.75 Å². The highest BCUT2D eigenvalue weighted by molar-refractivity contribution is 6.94. The van der Waals surface area contributed by atoms with E-state index in [4.69, 9.17) is 9.47 Å². The van der Waals surface area contributed by atoms with Crippen molar-refractivity contribution in [3.63, 3.8) is 0 Å². The second-order valence-corrected chi connectivity index (χ2v) is 25.8. The van der Waals surface area contributed by atoms with Gasteiger partial charge in [0.15, 0.2) is 11.6 Å². The molecule has 0 unspecified atom stereocenters. The minimum atomic E-state index is -4.02. The summed E-state index contributed by atoms with van der Waals surface area (Å²) in [5, 5.41) is 0. The van der Waals surface area contributed by atoms with Crippen LogP contribution in [0.3, 0.4) is 0 Å². The first-order chi connectivity index (χ1) is 20.8. The average Bonchev–Trinajstić information content (AvgIpc) is 2.94. The van der Waals surface area contributed by atoms with Gasteiger partial charge >= 0.3 is 6.18 Å². The van der Waals surface area contributed by atoms with Gasteiger partial charge in [-0.2, -0.15) is 13.2 Å². The minimum Gasteiger partial charge on any atom is -0.494 e. The first-order valence-corrected chi connectivity index (χ1v) is 24.2. The molecule has 2 rings (SSSR count). The van der Waals surface area contributed by atoms with Gasteiger partial charge in [-0.15, -0.1) is 0 Å². The van der Waals surface area contributed by atoms with Gasteiger partial charge < -0.3 is 9.47 Å². The van der Waals surface area contributed by atoms with Gasteiger partial charge in [-0.3, -0.25) is 0 Å². The van der Waals surface area contributed by atoms with Crippen molar-refractivity contribution >= 4 is 16.1 Å². The molecule has 0 fully saturated rings. The Morgan fingerprint density at radius 1 is 0.591 bits per heavy atom. The highest BCUT2D eigenvalue weighted by Gasteiger charge is 2.28. The molecule has 0 N–H and O–H groups in total. The Balaban J connectivity index is 1.50. The highest BCUT2D eigenvalue weighted by Crippen LogP contribution is 2.26. The van der Waals surface area contributed by atoms with E-state index in [0.717, 1.165) is 62.9 Å². The second kappa shape index (κ2) is 20.3. The van der Waals surface area contributed by atoms with Crippen LogP contribution in [0.2, 0.25) is 44.4 Å². The Morgan fingerprint density at radius 3 is 1.55 bits per heavy atom. The summed E-state index contributed by atoms with van der Waals surface area (Å²) >= 11 is 0. The van der Waals surface area contributed by atoms with Crippen LogP contribution in [-0.4, -0.2) is 45.5 Å². The Kier molecular flexibility index (Phi) is 17.7. The van der Waals surface area contributed by atoms with Gasteiger partial charge in [0.2, 0.25) is 0 Å². The Morgan fingerprint density at radius 2 is 1.05 bits per heavy atom. The molecule has 0 aliphatic rings. The van der Waals surface area contributed by atoms with Gasteiger partial charge in [-0.1, -0.05) is 115 Å². The van der Waals surface area contributed by atoms with E-state index in [1.807, 2.05) is 24.3 Å². The molecule has 0 saturated heterocycles. The third-order valence-corrected chi connectivity index (χ3v) is 17.7. The first kappa shape index (κ1) is 38.3. The van der Waals surface area contributed by atoms with Gasteiger partial charge in [0, 0.05) is 28.1 Å². The molecule has 2 aromatic rings. The molecule has 1 aromatic carbocycles. The average molecular weight is 653 g/mol. The molecular formula is C35H59F3N2O2Si2.